The molecule has 1 rings (SSSR count). The lowest BCUT2D eigenvalue weighted by Crippen LogP contribution is -2.50. The summed E-state index contributed by atoms with van der Waals surface area (Å²) in [5.74, 6) is 0. The monoisotopic (exact) mass is 229 g/mol. The van der Waals surface area contributed by atoms with Crippen LogP contribution in [0.4, 0.5) is 0 Å². The van der Waals surface area contributed by atoms with E-state index in [4.69, 9.17) is 4.74 Å². The van der Waals surface area contributed by atoms with Gasteiger partial charge in [0, 0.05) is 25.7 Å². The van der Waals surface area contributed by atoms with Crippen molar-refractivity contribution in [1.29, 1.82) is 0 Å². The molecule has 1 aliphatic rings. The molecule has 1 fully saturated rings. The molecule has 0 bridgehead atoms. The lowest BCUT2D eigenvalue weighted by molar-refractivity contribution is -0.00992. The molecule has 3 nitrogen and oxygen atoms in total. The average Bonchev–Trinajstić information content (AvgIpc) is 2.31. The van der Waals surface area contributed by atoms with E-state index in [1.54, 1.807) is 7.11 Å². The normalized spacial score (nSPS) is 28.3. The molecule has 0 radical (unpaired) electrons. The van der Waals surface area contributed by atoms with Crippen molar-refractivity contribution >= 4 is 0 Å². The molecule has 1 aliphatic carbocycles. The van der Waals surface area contributed by atoms with Crippen molar-refractivity contribution < 1.29 is 9.84 Å². The van der Waals surface area contributed by atoms with E-state index in [0.29, 0.717) is 12.1 Å². The molecule has 3 atom stereocenters. The Morgan fingerprint density at radius 1 is 1.38 bits per heavy atom. The van der Waals surface area contributed by atoms with Gasteiger partial charge in [0.25, 0.3) is 0 Å². The topological polar surface area (TPSA) is 32.7 Å². The maximum Gasteiger partial charge on any atom is 0.0695 e. The van der Waals surface area contributed by atoms with E-state index in [9.17, 15) is 5.11 Å². The smallest absolute Gasteiger partial charge is 0.0695 e. The summed E-state index contributed by atoms with van der Waals surface area (Å²) < 4.78 is 5.17. The highest BCUT2D eigenvalue weighted by Gasteiger charge is 2.30. The van der Waals surface area contributed by atoms with E-state index in [1.165, 1.54) is 12.8 Å². The zero-order valence-electron chi connectivity index (χ0n) is 11.0. The molecule has 0 aromatic rings. The zero-order chi connectivity index (χ0) is 12.0. The van der Waals surface area contributed by atoms with E-state index >= 15 is 0 Å². The molecular weight excluding hydrogens is 202 g/mol. The summed E-state index contributed by atoms with van der Waals surface area (Å²) in [6, 6.07) is 0.881. The first kappa shape index (κ1) is 13.9. The minimum absolute atomic E-state index is 0.139. The van der Waals surface area contributed by atoms with Crippen molar-refractivity contribution in [3.8, 4) is 0 Å². The molecule has 1 saturated carbocycles. The third kappa shape index (κ3) is 3.72. The molecular formula is C13H27NO2. The summed E-state index contributed by atoms with van der Waals surface area (Å²) in [6.45, 7) is 6.15. The van der Waals surface area contributed by atoms with Crippen LogP contribution in [-0.4, -0.2) is 48.5 Å². The Morgan fingerprint density at radius 3 is 2.62 bits per heavy atom. The molecule has 96 valence electrons. The summed E-state index contributed by atoms with van der Waals surface area (Å²) >= 11 is 0. The maximum atomic E-state index is 10.1. The largest absolute Gasteiger partial charge is 0.391 e. The van der Waals surface area contributed by atoms with Crippen LogP contribution in [0.25, 0.3) is 0 Å². The summed E-state index contributed by atoms with van der Waals surface area (Å²) in [5, 5.41) is 10.1. The predicted octanol–water partition coefficient (Wildman–Crippen LogP) is 2.04. The zero-order valence-corrected chi connectivity index (χ0v) is 11.0. The van der Waals surface area contributed by atoms with Crippen LogP contribution in [0, 0.1) is 0 Å². The average molecular weight is 229 g/mol. The van der Waals surface area contributed by atoms with Crippen LogP contribution < -0.4 is 0 Å². The molecule has 0 aliphatic heterocycles. The van der Waals surface area contributed by atoms with Crippen molar-refractivity contribution in [2.45, 2.75) is 64.1 Å². The van der Waals surface area contributed by atoms with Crippen LogP contribution in [0.15, 0.2) is 0 Å². The molecule has 0 spiro atoms. The first-order chi connectivity index (χ1) is 7.70. The third-order valence-electron chi connectivity index (χ3n) is 3.83. The van der Waals surface area contributed by atoms with Crippen molar-refractivity contribution in [3.05, 3.63) is 0 Å². The fourth-order valence-electron chi connectivity index (χ4n) is 2.62. The van der Waals surface area contributed by atoms with Crippen molar-refractivity contribution in [2.24, 2.45) is 0 Å². The summed E-state index contributed by atoms with van der Waals surface area (Å²) in [7, 11) is 1.74. The molecule has 3 unspecified atom stereocenters. The van der Waals surface area contributed by atoms with Crippen LogP contribution in [0.2, 0.25) is 0 Å². The van der Waals surface area contributed by atoms with Crippen LogP contribution in [-0.2, 0) is 4.74 Å². The minimum Gasteiger partial charge on any atom is -0.391 e. The number of methoxy groups -OCH3 is 1. The second-order valence-electron chi connectivity index (χ2n) is 4.91. The summed E-state index contributed by atoms with van der Waals surface area (Å²) in [5.41, 5.74) is 0. The Bertz CT molecular complexity index is 187. The Kier molecular flexibility index (Phi) is 6.32. The Labute approximate surface area is 99.8 Å². The number of ether oxygens (including phenoxy) is 1. The van der Waals surface area contributed by atoms with Crippen LogP contribution in [0.5, 0.6) is 0 Å². The summed E-state index contributed by atoms with van der Waals surface area (Å²) in [6.07, 6.45) is 5.52. The quantitative estimate of drug-likeness (QED) is 0.756. The van der Waals surface area contributed by atoms with Crippen LogP contribution in [0.3, 0.4) is 0 Å². The molecule has 3 heteroatoms. The molecule has 1 N–H and O–H groups in total. The van der Waals surface area contributed by atoms with Crippen LogP contribution >= 0.6 is 0 Å². The highest BCUT2D eigenvalue weighted by atomic mass is 16.5. The van der Waals surface area contributed by atoms with Gasteiger partial charge in [-0.1, -0.05) is 19.8 Å². The SMILES string of the molecule is CCC(C)N(CCOC)C1CCCCC1O. The number of rotatable bonds is 6. The van der Waals surface area contributed by atoms with Gasteiger partial charge in [-0.3, -0.25) is 4.90 Å². The highest BCUT2D eigenvalue weighted by molar-refractivity contribution is 4.85. The van der Waals surface area contributed by atoms with Crippen molar-refractivity contribution in [2.75, 3.05) is 20.3 Å². The first-order valence-electron chi connectivity index (χ1n) is 6.63. The van der Waals surface area contributed by atoms with Gasteiger partial charge in [0.1, 0.15) is 0 Å². The van der Waals surface area contributed by atoms with Gasteiger partial charge in [-0.2, -0.15) is 0 Å². The number of hydrogen-bond acceptors (Lipinski definition) is 3. The third-order valence-corrected chi connectivity index (χ3v) is 3.83. The van der Waals surface area contributed by atoms with Gasteiger partial charge in [0.2, 0.25) is 0 Å². The van der Waals surface area contributed by atoms with E-state index in [-0.39, 0.29) is 6.10 Å². The van der Waals surface area contributed by atoms with Crippen molar-refractivity contribution in [3.63, 3.8) is 0 Å². The van der Waals surface area contributed by atoms with Crippen LogP contribution in [0.1, 0.15) is 46.0 Å². The van der Waals surface area contributed by atoms with Gasteiger partial charge in [0.05, 0.1) is 12.7 Å². The number of nitrogens with zero attached hydrogens (tertiary/aromatic N) is 1. The molecule has 16 heavy (non-hydrogen) atoms. The minimum atomic E-state index is -0.139. The maximum absolute atomic E-state index is 10.1. The number of aliphatic hydroxyl groups is 1. The Hall–Kier alpha value is -0.120. The highest BCUT2D eigenvalue weighted by Crippen LogP contribution is 2.25. The Morgan fingerprint density at radius 2 is 2.06 bits per heavy atom. The molecule has 0 heterocycles. The standard InChI is InChI=1S/C13H27NO2/c1-4-11(2)14(9-10-16-3)12-7-5-6-8-13(12)15/h11-13,15H,4-10H2,1-3H3. The first-order valence-corrected chi connectivity index (χ1v) is 6.63. The number of hydrogen-bond donors (Lipinski definition) is 1. The van der Waals surface area contributed by atoms with Gasteiger partial charge in [-0.15, -0.1) is 0 Å². The van der Waals surface area contributed by atoms with Gasteiger partial charge < -0.3 is 9.84 Å². The second kappa shape index (κ2) is 7.25. The van der Waals surface area contributed by atoms with Crippen molar-refractivity contribution in [1.82, 2.24) is 4.90 Å². The van der Waals surface area contributed by atoms with E-state index < -0.39 is 0 Å². The van der Waals surface area contributed by atoms with E-state index in [2.05, 4.69) is 18.7 Å². The lowest BCUT2D eigenvalue weighted by Gasteiger charge is -2.41. The fourth-order valence-corrected chi connectivity index (χ4v) is 2.62. The van der Waals surface area contributed by atoms with Gasteiger partial charge >= 0.3 is 0 Å². The fraction of sp³-hybridized carbons (Fsp3) is 1.00. The number of aliphatic hydroxyl groups excluding tert-OH is 1. The van der Waals surface area contributed by atoms with Gasteiger partial charge in [0.15, 0.2) is 0 Å². The lowest BCUT2D eigenvalue weighted by atomic mass is 9.90. The molecule has 0 aromatic heterocycles. The predicted molar refractivity (Wildman–Crippen MR) is 66.6 cm³/mol. The van der Waals surface area contributed by atoms with Gasteiger partial charge in [-0.25, -0.2) is 0 Å². The molecule has 0 amide bonds. The summed E-state index contributed by atoms with van der Waals surface area (Å²) in [4.78, 5) is 2.44. The molecule has 0 saturated heterocycles. The van der Waals surface area contributed by atoms with Gasteiger partial charge in [-0.05, 0) is 26.2 Å². The van der Waals surface area contributed by atoms with E-state index in [1.807, 2.05) is 0 Å². The van der Waals surface area contributed by atoms with E-state index in [0.717, 1.165) is 32.4 Å². The Balaban J connectivity index is 2.57. The molecule has 0 aromatic carbocycles. The second-order valence-corrected chi connectivity index (χ2v) is 4.91.